The number of carbonyl (C=O) groups excluding carboxylic acids is 1. The summed E-state index contributed by atoms with van der Waals surface area (Å²) in [6.07, 6.45) is -3.78. The lowest BCUT2D eigenvalue weighted by Crippen LogP contribution is -2.50. The van der Waals surface area contributed by atoms with Gasteiger partial charge in [-0.15, -0.1) is 0 Å². The van der Waals surface area contributed by atoms with Gasteiger partial charge in [0, 0.05) is 13.1 Å². The summed E-state index contributed by atoms with van der Waals surface area (Å²) in [7, 11) is 0. The van der Waals surface area contributed by atoms with E-state index in [0.29, 0.717) is 17.5 Å². The number of hydrogen-bond acceptors (Lipinski definition) is 6. The predicted octanol–water partition coefficient (Wildman–Crippen LogP) is 0.610. The molecule has 2 aromatic rings. The van der Waals surface area contributed by atoms with Crippen LogP contribution >= 0.6 is 0 Å². The fourth-order valence-electron chi connectivity index (χ4n) is 4.23. The van der Waals surface area contributed by atoms with Gasteiger partial charge in [0.25, 0.3) is 0 Å². The standard InChI is InChI=1S/C22H24N2O7/c23-21(30)22(14-7-3-1-4-8-14,15-9-5-2-6-10-15)16-11-12-24(13-16)31-18(20(28)29)17(25)19(26)27/h1-10,16-18,25H,11-13H2,(H2,23,30)(H,26,27)(H,28,29)/t16-,17-,18-/m1/s1. The summed E-state index contributed by atoms with van der Waals surface area (Å²) in [6.45, 7) is 0.346. The van der Waals surface area contributed by atoms with Crippen LogP contribution in [0, 0.1) is 5.92 Å². The molecule has 3 atom stereocenters. The number of aliphatic carboxylic acids is 2. The molecule has 0 unspecified atom stereocenters. The van der Waals surface area contributed by atoms with Crippen LogP contribution in [0.2, 0.25) is 0 Å². The van der Waals surface area contributed by atoms with Gasteiger partial charge in [0.2, 0.25) is 12.0 Å². The molecule has 9 nitrogen and oxygen atoms in total. The highest BCUT2D eigenvalue weighted by atomic mass is 16.7. The Morgan fingerprint density at radius 2 is 1.48 bits per heavy atom. The molecule has 0 aromatic heterocycles. The molecule has 0 saturated carbocycles. The zero-order valence-electron chi connectivity index (χ0n) is 16.6. The highest BCUT2D eigenvalue weighted by Gasteiger charge is 2.50. The van der Waals surface area contributed by atoms with E-state index < -0.39 is 35.5 Å². The Morgan fingerprint density at radius 1 is 0.968 bits per heavy atom. The van der Waals surface area contributed by atoms with Crippen LogP contribution in [0.1, 0.15) is 17.5 Å². The Morgan fingerprint density at radius 3 is 1.90 bits per heavy atom. The summed E-state index contributed by atoms with van der Waals surface area (Å²) in [5.41, 5.74) is 6.18. The third-order valence-electron chi connectivity index (χ3n) is 5.66. The van der Waals surface area contributed by atoms with Crippen LogP contribution in [0.15, 0.2) is 60.7 Å². The van der Waals surface area contributed by atoms with Gasteiger partial charge < -0.3 is 21.1 Å². The van der Waals surface area contributed by atoms with Crippen molar-refractivity contribution in [1.29, 1.82) is 0 Å². The zero-order chi connectivity index (χ0) is 22.6. The molecule has 5 N–H and O–H groups in total. The van der Waals surface area contributed by atoms with Crippen LogP contribution < -0.4 is 5.73 Å². The van der Waals surface area contributed by atoms with Crippen LogP contribution in [-0.2, 0) is 24.6 Å². The molecule has 1 amide bonds. The van der Waals surface area contributed by atoms with Crippen molar-refractivity contribution < 1.29 is 34.5 Å². The van der Waals surface area contributed by atoms with Gasteiger partial charge in [0.05, 0.1) is 0 Å². The third-order valence-corrected chi connectivity index (χ3v) is 5.66. The first-order valence-corrected chi connectivity index (χ1v) is 9.74. The van der Waals surface area contributed by atoms with E-state index >= 15 is 0 Å². The predicted molar refractivity (Wildman–Crippen MR) is 109 cm³/mol. The fourth-order valence-corrected chi connectivity index (χ4v) is 4.23. The summed E-state index contributed by atoms with van der Waals surface area (Å²) in [4.78, 5) is 40.8. The van der Waals surface area contributed by atoms with E-state index in [4.69, 9.17) is 15.7 Å². The van der Waals surface area contributed by atoms with E-state index in [0.717, 1.165) is 0 Å². The molecule has 9 heteroatoms. The maximum atomic E-state index is 13.0. The van der Waals surface area contributed by atoms with Crippen molar-refractivity contribution in [3.8, 4) is 0 Å². The zero-order valence-corrected chi connectivity index (χ0v) is 16.6. The summed E-state index contributed by atoms with van der Waals surface area (Å²) >= 11 is 0. The Balaban J connectivity index is 1.96. The molecule has 1 saturated heterocycles. The van der Waals surface area contributed by atoms with Gasteiger partial charge in [0.15, 0.2) is 6.10 Å². The molecule has 1 heterocycles. The lowest BCUT2D eigenvalue weighted by molar-refractivity contribution is -0.225. The molecule has 1 aliphatic heterocycles. The topological polar surface area (TPSA) is 150 Å². The van der Waals surface area contributed by atoms with E-state index in [1.165, 1.54) is 5.06 Å². The van der Waals surface area contributed by atoms with Crippen LogP contribution in [-0.4, -0.2) is 63.5 Å². The molecule has 1 aliphatic rings. The molecular formula is C22H24N2O7. The normalized spacial score (nSPS) is 18.9. The number of nitrogens with zero attached hydrogens (tertiary/aromatic N) is 1. The van der Waals surface area contributed by atoms with Crippen LogP contribution in [0.4, 0.5) is 0 Å². The second kappa shape index (κ2) is 9.25. The van der Waals surface area contributed by atoms with Crippen molar-refractivity contribution >= 4 is 17.8 Å². The van der Waals surface area contributed by atoms with Gasteiger partial charge in [-0.25, -0.2) is 9.59 Å². The van der Waals surface area contributed by atoms with Crippen molar-refractivity contribution in [2.24, 2.45) is 11.7 Å². The van der Waals surface area contributed by atoms with E-state index in [1.807, 2.05) is 60.7 Å². The molecule has 0 radical (unpaired) electrons. The monoisotopic (exact) mass is 428 g/mol. The van der Waals surface area contributed by atoms with Crippen molar-refractivity contribution in [3.05, 3.63) is 71.8 Å². The van der Waals surface area contributed by atoms with Gasteiger partial charge in [-0.2, -0.15) is 5.06 Å². The molecule has 164 valence electrons. The molecule has 31 heavy (non-hydrogen) atoms. The average molecular weight is 428 g/mol. The Labute approximate surface area is 178 Å². The lowest BCUT2D eigenvalue weighted by atomic mass is 9.65. The van der Waals surface area contributed by atoms with Gasteiger partial charge >= 0.3 is 11.9 Å². The Hall–Kier alpha value is -3.27. The van der Waals surface area contributed by atoms with E-state index in [2.05, 4.69) is 0 Å². The number of nitrogens with two attached hydrogens (primary N) is 1. The molecule has 2 aromatic carbocycles. The maximum absolute atomic E-state index is 13.0. The second-order valence-electron chi connectivity index (χ2n) is 7.43. The first kappa shape index (κ1) is 22.4. The lowest BCUT2D eigenvalue weighted by Gasteiger charge is -2.37. The minimum atomic E-state index is -2.24. The number of carbonyl (C=O) groups is 3. The molecule has 1 fully saturated rings. The third kappa shape index (κ3) is 4.29. The van der Waals surface area contributed by atoms with E-state index in [9.17, 15) is 24.6 Å². The van der Waals surface area contributed by atoms with Crippen LogP contribution in [0.5, 0.6) is 0 Å². The smallest absolute Gasteiger partial charge is 0.338 e. The molecule has 0 spiro atoms. The number of benzene rings is 2. The number of primary amides is 1. The first-order valence-electron chi connectivity index (χ1n) is 9.74. The number of carboxylic acid groups (broad SMARTS) is 2. The second-order valence-corrected chi connectivity index (χ2v) is 7.43. The number of rotatable bonds is 9. The first-order chi connectivity index (χ1) is 14.8. The molecule has 3 rings (SSSR count). The van der Waals surface area contributed by atoms with E-state index in [1.54, 1.807) is 0 Å². The SMILES string of the molecule is NC(=O)C(c1ccccc1)(c1ccccc1)[C@@H]1CCN(O[C@@H](C(=O)O)[C@@H](O)C(=O)O)C1. The fraction of sp³-hybridized carbons (Fsp3) is 0.318. The largest absolute Gasteiger partial charge is 0.479 e. The van der Waals surface area contributed by atoms with Gasteiger partial charge in [-0.3, -0.25) is 9.63 Å². The number of hydrogen-bond donors (Lipinski definition) is 4. The van der Waals surface area contributed by atoms with Crippen molar-refractivity contribution in [3.63, 3.8) is 0 Å². The summed E-state index contributed by atoms with van der Waals surface area (Å²) in [6, 6.07) is 18.2. The van der Waals surface area contributed by atoms with Gasteiger partial charge in [-0.05, 0) is 23.5 Å². The Bertz CT molecular complexity index is 896. The summed E-state index contributed by atoms with van der Waals surface area (Å²) in [5.74, 6) is -4.25. The van der Waals surface area contributed by atoms with Gasteiger partial charge in [0.1, 0.15) is 5.41 Å². The van der Waals surface area contributed by atoms with E-state index in [-0.39, 0.29) is 19.0 Å². The quantitative estimate of drug-likeness (QED) is 0.454. The minimum absolute atomic E-state index is 0.114. The maximum Gasteiger partial charge on any atom is 0.338 e. The molecule has 0 bridgehead atoms. The minimum Gasteiger partial charge on any atom is -0.479 e. The Kier molecular flexibility index (Phi) is 6.69. The van der Waals surface area contributed by atoms with Crippen molar-refractivity contribution in [2.45, 2.75) is 24.0 Å². The average Bonchev–Trinajstić information content (AvgIpc) is 3.22. The number of amides is 1. The van der Waals surface area contributed by atoms with Crippen molar-refractivity contribution in [1.82, 2.24) is 5.06 Å². The number of aliphatic hydroxyl groups excluding tert-OH is 1. The van der Waals surface area contributed by atoms with Gasteiger partial charge in [-0.1, -0.05) is 60.7 Å². The summed E-state index contributed by atoms with van der Waals surface area (Å²) < 4.78 is 0. The van der Waals surface area contributed by atoms with Crippen LogP contribution in [0.25, 0.3) is 0 Å². The number of carboxylic acids is 2. The molecular weight excluding hydrogens is 404 g/mol. The highest BCUT2D eigenvalue weighted by Crippen LogP contribution is 2.43. The van der Waals surface area contributed by atoms with Crippen molar-refractivity contribution in [2.75, 3.05) is 13.1 Å². The highest BCUT2D eigenvalue weighted by molar-refractivity contribution is 5.91. The molecule has 0 aliphatic carbocycles. The number of aliphatic hydroxyl groups is 1. The number of hydroxylamine groups is 2. The summed E-state index contributed by atoms with van der Waals surface area (Å²) in [5, 5.41) is 29.2. The van der Waals surface area contributed by atoms with Crippen LogP contribution in [0.3, 0.4) is 0 Å².